The largest absolute Gasteiger partial charge is 0.478 e. The minimum absolute atomic E-state index is 0.0138. The number of benzene rings is 1. The van der Waals surface area contributed by atoms with Crippen LogP contribution in [-0.2, 0) is 4.79 Å². The number of thiol groups is 1. The number of rotatable bonds is 3. The van der Waals surface area contributed by atoms with Gasteiger partial charge in [0.25, 0.3) is 0 Å². The number of carboxylic acids is 1. The first-order valence-electron chi connectivity index (χ1n) is 4.20. The Kier molecular flexibility index (Phi) is 3.74. The third kappa shape index (κ3) is 2.99. The molecule has 0 saturated heterocycles. The average molecular weight is 226 g/mol. The summed E-state index contributed by atoms with van der Waals surface area (Å²) in [6.07, 6.45) is 0. The fourth-order valence-electron chi connectivity index (χ4n) is 1.05. The van der Waals surface area contributed by atoms with E-state index >= 15 is 0 Å². The van der Waals surface area contributed by atoms with E-state index in [9.17, 15) is 9.59 Å². The predicted molar refractivity (Wildman–Crippen MR) is 57.6 cm³/mol. The normalized spacial score (nSPS) is 9.73. The van der Waals surface area contributed by atoms with Crippen LogP contribution in [0.1, 0.15) is 15.9 Å². The van der Waals surface area contributed by atoms with Gasteiger partial charge in [0.05, 0.1) is 11.3 Å². The molecule has 0 bridgehead atoms. The number of carbonyl (C=O) groups excluding carboxylic acids is 1. The molecule has 0 fully saturated rings. The van der Waals surface area contributed by atoms with Gasteiger partial charge in [-0.05, 0) is 30.7 Å². The van der Waals surface area contributed by atoms with Gasteiger partial charge < -0.3 is 9.84 Å². The summed E-state index contributed by atoms with van der Waals surface area (Å²) in [4.78, 5) is 21.6. The second-order valence-corrected chi connectivity index (χ2v) is 3.23. The van der Waals surface area contributed by atoms with E-state index in [0.717, 1.165) is 0 Å². The summed E-state index contributed by atoms with van der Waals surface area (Å²) in [5.74, 6) is -1.13. The average Bonchev–Trinajstić information content (AvgIpc) is 2.20. The number of hydrogen-bond acceptors (Lipinski definition) is 4. The lowest BCUT2D eigenvalue weighted by Crippen LogP contribution is -2.10. The van der Waals surface area contributed by atoms with Crippen molar-refractivity contribution in [3.05, 3.63) is 29.3 Å². The lowest BCUT2D eigenvalue weighted by atomic mass is 10.1. The highest BCUT2D eigenvalue weighted by atomic mass is 32.1. The first kappa shape index (κ1) is 11.6. The Balaban J connectivity index is 2.93. The summed E-state index contributed by atoms with van der Waals surface area (Å²) in [5.41, 5.74) is 0.767. The summed E-state index contributed by atoms with van der Waals surface area (Å²) in [5, 5.41) is 8.71. The number of carbonyl (C=O) groups is 2. The molecule has 1 rings (SSSR count). The monoisotopic (exact) mass is 226 g/mol. The van der Waals surface area contributed by atoms with Crippen LogP contribution in [0.4, 0.5) is 0 Å². The molecule has 0 amide bonds. The minimum Gasteiger partial charge on any atom is -0.478 e. The maximum Gasteiger partial charge on any atom is 0.335 e. The van der Waals surface area contributed by atoms with E-state index in [1.165, 1.54) is 18.2 Å². The maximum atomic E-state index is 10.9. The molecule has 1 aromatic carbocycles. The molecule has 15 heavy (non-hydrogen) atoms. The second-order valence-electron chi connectivity index (χ2n) is 2.92. The van der Waals surface area contributed by atoms with Crippen LogP contribution in [0.3, 0.4) is 0 Å². The zero-order valence-electron chi connectivity index (χ0n) is 8.06. The number of hydrogen-bond donors (Lipinski definition) is 2. The zero-order valence-corrected chi connectivity index (χ0v) is 8.95. The van der Waals surface area contributed by atoms with E-state index in [0.29, 0.717) is 11.3 Å². The Hall–Kier alpha value is -1.49. The first-order valence-corrected chi connectivity index (χ1v) is 4.83. The highest BCUT2D eigenvalue weighted by molar-refractivity contribution is 7.81. The molecular weight excluding hydrogens is 216 g/mol. The molecule has 0 atom stereocenters. The van der Waals surface area contributed by atoms with Crippen LogP contribution >= 0.6 is 12.6 Å². The van der Waals surface area contributed by atoms with E-state index in [4.69, 9.17) is 9.84 Å². The van der Waals surface area contributed by atoms with E-state index in [1.807, 2.05) is 0 Å². The molecule has 1 N–H and O–H groups in total. The smallest absolute Gasteiger partial charge is 0.335 e. The van der Waals surface area contributed by atoms with Crippen molar-refractivity contribution in [3.63, 3.8) is 0 Å². The molecular formula is C10H10O4S. The molecule has 0 aliphatic carbocycles. The van der Waals surface area contributed by atoms with E-state index < -0.39 is 11.9 Å². The molecule has 4 nitrogen and oxygen atoms in total. The number of esters is 1. The fourth-order valence-corrected chi connectivity index (χ4v) is 1.12. The number of aromatic carboxylic acids is 1. The van der Waals surface area contributed by atoms with E-state index in [2.05, 4.69) is 12.6 Å². The Bertz CT molecular complexity index is 400. The molecule has 80 valence electrons. The summed E-state index contributed by atoms with van der Waals surface area (Å²) >= 11 is 3.76. The van der Waals surface area contributed by atoms with Gasteiger partial charge in [-0.15, -0.1) is 0 Å². The number of ether oxygens (including phenoxy) is 1. The molecule has 0 aromatic heterocycles. The van der Waals surface area contributed by atoms with Gasteiger partial charge in [0.15, 0.2) is 0 Å². The minimum atomic E-state index is -1.01. The van der Waals surface area contributed by atoms with Crippen molar-refractivity contribution < 1.29 is 19.4 Å². The summed E-state index contributed by atoms with van der Waals surface area (Å²) in [7, 11) is 0. The maximum absolute atomic E-state index is 10.9. The van der Waals surface area contributed by atoms with Gasteiger partial charge >= 0.3 is 11.9 Å². The molecule has 0 heterocycles. The topological polar surface area (TPSA) is 63.6 Å². The second kappa shape index (κ2) is 4.84. The Morgan fingerprint density at radius 1 is 1.47 bits per heavy atom. The first-order chi connectivity index (χ1) is 7.04. The van der Waals surface area contributed by atoms with Crippen molar-refractivity contribution >= 4 is 24.6 Å². The SMILES string of the molecule is Cc1cc(C(=O)O)ccc1OC(=O)CS. The Labute approximate surface area is 92.3 Å². The molecule has 0 unspecified atom stereocenters. The summed E-state index contributed by atoms with van der Waals surface area (Å²) in [6.45, 7) is 1.67. The highest BCUT2D eigenvalue weighted by Crippen LogP contribution is 2.19. The molecule has 0 aliphatic rings. The highest BCUT2D eigenvalue weighted by Gasteiger charge is 2.08. The zero-order chi connectivity index (χ0) is 11.4. The predicted octanol–water partition coefficient (Wildman–Crippen LogP) is 1.53. The van der Waals surface area contributed by atoms with Crippen molar-refractivity contribution in [3.8, 4) is 5.75 Å². The van der Waals surface area contributed by atoms with Crippen molar-refractivity contribution in [2.24, 2.45) is 0 Å². The van der Waals surface area contributed by atoms with Gasteiger partial charge in [-0.25, -0.2) is 4.79 Å². The molecule has 0 saturated carbocycles. The van der Waals surface area contributed by atoms with Crippen LogP contribution < -0.4 is 4.74 Å². The summed E-state index contributed by atoms with van der Waals surface area (Å²) in [6, 6.07) is 4.29. The third-order valence-corrected chi connectivity index (χ3v) is 2.03. The molecule has 0 aliphatic heterocycles. The van der Waals surface area contributed by atoms with E-state index in [1.54, 1.807) is 6.92 Å². The number of carboxylic acid groups (broad SMARTS) is 1. The lowest BCUT2D eigenvalue weighted by molar-refractivity contribution is -0.131. The molecule has 0 spiro atoms. The van der Waals surface area contributed by atoms with Crippen molar-refractivity contribution in [1.82, 2.24) is 0 Å². The van der Waals surface area contributed by atoms with Gasteiger partial charge in [-0.1, -0.05) is 0 Å². The van der Waals surface area contributed by atoms with Crippen LogP contribution in [-0.4, -0.2) is 22.8 Å². The van der Waals surface area contributed by atoms with Gasteiger partial charge in [0.2, 0.25) is 0 Å². The Morgan fingerprint density at radius 2 is 2.13 bits per heavy atom. The van der Waals surface area contributed by atoms with E-state index in [-0.39, 0.29) is 11.3 Å². The van der Waals surface area contributed by atoms with Gasteiger partial charge in [0.1, 0.15) is 5.75 Å². The molecule has 1 aromatic rings. The van der Waals surface area contributed by atoms with Crippen LogP contribution in [0.25, 0.3) is 0 Å². The van der Waals surface area contributed by atoms with Gasteiger partial charge in [-0.3, -0.25) is 4.79 Å². The van der Waals surface area contributed by atoms with Crippen LogP contribution in [0, 0.1) is 6.92 Å². The molecule has 5 heteroatoms. The van der Waals surface area contributed by atoms with Crippen molar-refractivity contribution in [1.29, 1.82) is 0 Å². The lowest BCUT2D eigenvalue weighted by Gasteiger charge is -2.06. The van der Waals surface area contributed by atoms with Gasteiger partial charge in [0, 0.05) is 0 Å². The third-order valence-electron chi connectivity index (χ3n) is 1.77. The van der Waals surface area contributed by atoms with Crippen LogP contribution in [0.5, 0.6) is 5.75 Å². The van der Waals surface area contributed by atoms with Crippen molar-refractivity contribution in [2.45, 2.75) is 6.92 Å². The Morgan fingerprint density at radius 3 is 2.60 bits per heavy atom. The van der Waals surface area contributed by atoms with Crippen LogP contribution in [0.15, 0.2) is 18.2 Å². The fraction of sp³-hybridized carbons (Fsp3) is 0.200. The number of aryl methyl sites for hydroxylation is 1. The quantitative estimate of drug-likeness (QED) is 0.466. The van der Waals surface area contributed by atoms with Crippen molar-refractivity contribution in [2.75, 3.05) is 5.75 Å². The molecule has 0 radical (unpaired) electrons. The van der Waals surface area contributed by atoms with Gasteiger partial charge in [-0.2, -0.15) is 12.6 Å². The summed E-state index contributed by atoms with van der Waals surface area (Å²) < 4.78 is 4.92. The van der Waals surface area contributed by atoms with Crippen LogP contribution in [0.2, 0.25) is 0 Å². The standard InChI is InChI=1S/C10H10O4S/c1-6-4-7(10(12)13)2-3-8(6)14-9(11)5-15/h2-4,15H,5H2,1H3,(H,12,13).